The van der Waals surface area contributed by atoms with E-state index in [2.05, 4.69) is 15.6 Å². The number of nitrogens with one attached hydrogen (secondary N) is 2. The van der Waals surface area contributed by atoms with Gasteiger partial charge in [-0.3, -0.25) is 0 Å². The SMILES string of the molecule is COc1ccc(-c2ccc(CNn3c(-c4ccccc4OC)n[nH]c3=S)o2)cc1Cl. The molecule has 2 aromatic carbocycles. The van der Waals surface area contributed by atoms with Gasteiger partial charge in [0.2, 0.25) is 4.77 Å². The van der Waals surface area contributed by atoms with Crippen molar-refractivity contribution in [2.75, 3.05) is 19.6 Å². The van der Waals surface area contributed by atoms with Gasteiger partial charge in [0.25, 0.3) is 0 Å². The quantitative estimate of drug-likeness (QED) is 0.379. The third-order valence-electron chi connectivity index (χ3n) is 4.53. The molecule has 4 aromatic rings. The van der Waals surface area contributed by atoms with Crippen molar-refractivity contribution in [3.05, 3.63) is 70.2 Å². The van der Waals surface area contributed by atoms with Gasteiger partial charge in [-0.25, -0.2) is 9.77 Å². The summed E-state index contributed by atoms with van der Waals surface area (Å²) in [6.45, 7) is 0.403. The molecule has 2 aromatic heterocycles. The summed E-state index contributed by atoms with van der Waals surface area (Å²) in [4.78, 5) is 0. The average molecular weight is 443 g/mol. The molecule has 0 amide bonds. The fraction of sp³-hybridized carbons (Fsp3) is 0.143. The van der Waals surface area contributed by atoms with Gasteiger partial charge in [0.1, 0.15) is 23.0 Å². The molecule has 0 aliphatic carbocycles. The largest absolute Gasteiger partial charge is 0.496 e. The Kier molecular flexibility index (Phi) is 5.78. The highest BCUT2D eigenvalue weighted by Crippen LogP contribution is 2.31. The molecule has 0 radical (unpaired) electrons. The Balaban J connectivity index is 1.55. The summed E-state index contributed by atoms with van der Waals surface area (Å²) >= 11 is 11.6. The number of para-hydroxylation sites is 1. The highest BCUT2D eigenvalue weighted by molar-refractivity contribution is 7.71. The third-order valence-corrected chi connectivity index (χ3v) is 5.10. The van der Waals surface area contributed by atoms with E-state index in [1.165, 1.54) is 0 Å². The van der Waals surface area contributed by atoms with Gasteiger partial charge in [-0.05, 0) is 54.7 Å². The van der Waals surface area contributed by atoms with Crippen LogP contribution in [0.5, 0.6) is 11.5 Å². The number of nitrogens with zero attached hydrogens (tertiary/aromatic N) is 2. The molecular formula is C21H19ClN4O3S. The van der Waals surface area contributed by atoms with Gasteiger partial charge in [0, 0.05) is 5.56 Å². The number of aromatic nitrogens is 3. The highest BCUT2D eigenvalue weighted by atomic mass is 35.5. The molecule has 9 heteroatoms. The Hall–Kier alpha value is -3.23. The lowest BCUT2D eigenvalue weighted by Crippen LogP contribution is -2.15. The molecule has 0 aliphatic rings. The van der Waals surface area contributed by atoms with E-state index in [0.29, 0.717) is 39.4 Å². The van der Waals surface area contributed by atoms with Crippen LogP contribution in [0.25, 0.3) is 22.7 Å². The number of methoxy groups -OCH3 is 2. The van der Waals surface area contributed by atoms with Gasteiger partial charge < -0.3 is 19.3 Å². The van der Waals surface area contributed by atoms with Crippen molar-refractivity contribution in [3.63, 3.8) is 0 Å². The third kappa shape index (κ3) is 3.92. The number of rotatable bonds is 7. The Morgan fingerprint density at radius 2 is 1.90 bits per heavy atom. The van der Waals surface area contributed by atoms with Crippen LogP contribution in [0.1, 0.15) is 5.76 Å². The van der Waals surface area contributed by atoms with Crippen molar-refractivity contribution in [1.29, 1.82) is 0 Å². The van der Waals surface area contributed by atoms with Crippen molar-refractivity contribution in [2.24, 2.45) is 0 Å². The van der Waals surface area contributed by atoms with Crippen molar-refractivity contribution in [3.8, 4) is 34.2 Å². The maximum Gasteiger partial charge on any atom is 0.214 e. The van der Waals surface area contributed by atoms with Crippen LogP contribution in [0.3, 0.4) is 0 Å². The maximum atomic E-state index is 6.22. The second kappa shape index (κ2) is 8.64. The van der Waals surface area contributed by atoms with E-state index in [1.807, 2.05) is 54.6 Å². The molecule has 0 fully saturated rings. The molecule has 0 saturated heterocycles. The second-order valence-electron chi connectivity index (χ2n) is 6.34. The minimum absolute atomic E-state index is 0.403. The molecule has 2 N–H and O–H groups in total. The van der Waals surface area contributed by atoms with E-state index in [4.69, 9.17) is 37.7 Å². The number of aromatic amines is 1. The smallest absolute Gasteiger partial charge is 0.214 e. The van der Waals surface area contributed by atoms with Gasteiger partial charge in [-0.15, -0.1) is 0 Å². The van der Waals surface area contributed by atoms with E-state index < -0.39 is 0 Å². The van der Waals surface area contributed by atoms with Crippen molar-refractivity contribution < 1.29 is 13.9 Å². The molecule has 0 aliphatic heterocycles. The molecular weight excluding hydrogens is 424 g/mol. The molecule has 30 heavy (non-hydrogen) atoms. The van der Waals surface area contributed by atoms with Crippen LogP contribution in [-0.2, 0) is 6.54 Å². The Labute approximate surface area is 183 Å². The zero-order valence-electron chi connectivity index (χ0n) is 16.3. The zero-order chi connectivity index (χ0) is 21.1. The summed E-state index contributed by atoms with van der Waals surface area (Å²) < 4.78 is 18.7. The lowest BCUT2D eigenvalue weighted by molar-refractivity contribution is 0.415. The van der Waals surface area contributed by atoms with Gasteiger partial charge in [0.05, 0.1) is 31.4 Å². The number of hydrogen-bond donors (Lipinski definition) is 2. The van der Waals surface area contributed by atoms with Crippen molar-refractivity contribution >= 4 is 23.8 Å². The van der Waals surface area contributed by atoms with Crippen molar-refractivity contribution in [2.45, 2.75) is 6.54 Å². The van der Waals surface area contributed by atoms with Crippen LogP contribution in [0.4, 0.5) is 0 Å². The first kappa shape index (κ1) is 20.1. The summed E-state index contributed by atoms with van der Waals surface area (Å²) in [7, 11) is 3.20. The average Bonchev–Trinajstić information content (AvgIpc) is 3.38. The standard InChI is InChI=1S/C21H19ClN4O3S/c1-27-18-6-4-3-5-15(18)20-24-25-21(30)26(20)23-12-14-8-10-17(29-14)13-7-9-19(28-2)16(22)11-13/h3-11,23H,12H2,1-2H3,(H,25,30). The van der Waals surface area contributed by atoms with Crippen LogP contribution >= 0.6 is 23.8 Å². The number of H-pyrrole nitrogens is 1. The summed E-state index contributed by atoms with van der Waals surface area (Å²) in [5, 5.41) is 7.67. The van der Waals surface area contributed by atoms with Crippen LogP contribution in [0.2, 0.25) is 5.02 Å². The fourth-order valence-electron chi connectivity index (χ4n) is 3.06. The summed E-state index contributed by atoms with van der Waals surface area (Å²) in [5.74, 6) is 3.37. The summed E-state index contributed by atoms with van der Waals surface area (Å²) in [6, 6.07) is 16.9. The summed E-state index contributed by atoms with van der Waals surface area (Å²) in [5.41, 5.74) is 4.92. The highest BCUT2D eigenvalue weighted by Gasteiger charge is 2.14. The lowest BCUT2D eigenvalue weighted by Gasteiger charge is -2.11. The number of furan rings is 1. The van der Waals surface area contributed by atoms with Gasteiger partial charge >= 0.3 is 0 Å². The first-order valence-corrected chi connectivity index (χ1v) is 9.86. The Morgan fingerprint density at radius 3 is 2.67 bits per heavy atom. The molecule has 0 atom stereocenters. The van der Waals surface area contributed by atoms with E-state index >= 15 is 0 Å². The summed E-state index contributed by atoms with van der Waals surface area (Å²) in [6.07, 6.45) is 0. The number of halogens is 1. The molecule has 0 unspecified atom stereocenters. The normalized spacial score (nSPS) is 10.8. The molecule has 0 bridgehead atoms. The van der Waals surface area contributed by atoms with E-state index in [1.54, 1.807) is 18.9 Å². The predicted molar refractivity (Wildman–Crippen MR) is 118 cm³/mol. The number of ether oxygens (including phenoxy) is 2. The molecule has 4 rings (SSSR count). The minimum atomic E-state index is 0.403. The van der Waals surface area contributed by atoms with E-state index in [-0.39, 0.29) is 0 Å². The first-order valence-electron chi connectivity index (χ1n) is 9.08. The van der Waals surface area contributed by atoms with E-state index in [0.717, 1.165) is 16.9 Å². The number of benzene rings is 2. The van der Waals surface area contributed by atoms with Crippen LogP contribution in [0, 0.1) is 4.77 Å². The first-order chi connectivity index (χ1) is 14.6. The molecule has 0 spiro atoms. The molecule has 154 valence electrons. The Morgan fingerprint density at radius 1 is 1.10 bits per heavy atom. The lowest BCUT2D eigenvalue weighted by atomic mass is 10.2. The fourth-order valence-corrected chi connectivity index (χ4v) is 3.51. The van der Waals surface area contributed by atoms with E-state index in [9.17, 15) is 0 Å². The van der Waals surface area contributed by atoms with Gasteiger partial charge in [0.15, 0.2) is 5.82 Å². The zero-order valence-corrected chi connectivity index (χ0v) is 17.9. The van der Waals surface area contributed by atoms with Crippen LogP contribution in [0.15, 0.2) is 59.0 Å². The monoisotopic (exact) mass is 442 g/mol. The topological polar surface area (TPSA) is 77.2 Å². The van der Waals surface area contributed by atoms with Gasteiger partial charge in [-0.2, -0.15) is 5.10 Å². The molecule has 2 heterocycles. The van der Waals surface area contributed by atoms with Gasteiger partial charge in [-0.1, -0.05) is 23.7 Å². The maximum absolute atomic E-state index is 6.22. The number of hydrogen-bond acceptors (Lipinski definition) is 6. The molecule has 0 saturated carbocycles. The van der Waals surface area contributed by atoms with Crippen molar-refractivity contribution in [1.82, 2.24) is 14.9 Å². The Bertz CT molecular complexity index is 1230. The van der Waals surface area contributed by atoms with Crippen LogP contribution in [-0.4, -0.2) is 29.1 Å². The molecule has 7 nitrogen and oxygen atoms in total. The minimum Gasteiger partial charge on any atom is -0.496 e. The van der Waals surface area contributed by atoms with Crippen LogP contribution < -0.4 is 14.9 Å². The second-order valence-corrected chi connectivity index (χ2v) is 7.13. The predicted octanol–water partition coefficient (Wildman–Crippen LogP) is 5.28.